The predicted octanol–water partition coefficient (Wildman–Crippen LogP) is 3.40. The van der Waals surface area contributed by atoms with Crippen molar-refractivity contribution in [2.45, 2.75) is 6.54 Å². The van der Waals surface area contributed by atoms with Gasteiger partial charge in [0.15, 0.2) is 0 Å². The van der Waals surface area contributed by atoms with Crippen molar-refractivity contribution in [2.24, 2.45) is 0 Å². The number of anilines is 2. The van der Waals surface area contributed by atoms with Crippen LogP contribution < -0.4 is 15.1 Å². The molecule has 0 saturated carbocycles. The molecule has 2 aliphatic heterocycles. The van der Waals surface area contributed by atoms with Gasteiger partial charge in [0.1, 0.15) is 5.82 Å². The Morgan fingerprint density at radius 1 is 1.00 bits per heavy atom. The molecule has 0 bridgehead atoms. The summed E-state index contributed by atoms with van der Waals surface area (Å²) in [5, 5.41) is 1.88. The highest BCUT2D eigenvalue weighted by atomic mass is 32.2. The van der Waals surface area contributed by atoms with Crippen LogP contribution in [0.1, 0.15) is 21.6 Å². The minimum Gasteiger partial charge on any atom is -0.355 e. The van der Waals surface area contributed by atoms with Crippen LogP contribution in [0.25, 0.3) is 6.08 Å². The molecule has 2 aliphatic rings. The fourth-order valence-electron chi connectivity index (χ4n) is 4.22. The molecule has 9 nitrogen and oxygen atoms in total. The fourth-order valence-corrected chi connectivity index (χ4v) is 4.88. The molecule has 1 N–H and O–H groups in total. The maximum absolute atomic E-state index is 12.9. The van der Waals surface area contributed by atoms with Crippen LogP contribution in [0.2, 0.25) is 0 Å². The molecule has 10 heteroatoms. The summed E-state index contributed by atoms with van der Waals surface area (Å²) >= 11 is 0.858. The van der Waals surface area contributed by atoms with Gasteiger partial charge in [-0.3, -0.25) is 19.7 Å². The van der Waals surface area contributed by atoms with Crippen molar-refractivity contribution in [3.8, 4) is 0 Å². The highest BCUT2D eigenvalue weighted by Crippen LogP contribution is 2.27. The van der Waals surface area contributed by atoms with E-state index >= 15 is 0 Å². The third kappa shape index (κ3) is 5.80. The number of carbonyl (C=O) groups excluding carboxylic acids is 3. The van der Waals surface area contributed by atoms with Gasteiger partial charge in [-0.05, 0) is 35.5 Å². The van der Waals surface area contributed by atoms with E-state index in [0.29, 0.717) is 60.7 Å². The van der Waals surface area contributed by atoms with E-state index in [4.69, 9.17) is 9.97 Å². The van der Waals surface area contributed by atoms with Crippen molar-refractivity contribution < 1.29 is 14.4 Å². The summed E-state index contributed by atoms with van der Waals surface area (Å²) in [6.07, 6.45) is 1.62. The van der Waals surface area contributed by atoms with E-state index in [2.05, 4.69) is 17.4 Å². The first kappa shape index (κ1) is 24.5. The summed E-state index contributed by atoms with van der Waals surface area (Å²) < 4.78 is 0. The van der Waals surface area contributed by atoms with Crippen LogP contribution in [-0.4, -0.2) is 65.1 Å². The normalized spacial score (nSPS) is 16.7. The average Bonchev–Trinajstić information content (AvgIpc) is 3.25. The highest BCUT2D eigenvalue weighted by Gasteiger charge is 2.27. The number of benzene rings is 2. The van der Waals surface area contributed by atoms with E-state index in [9.17, 15) is 14.4 Å². The van der Waals surface area contributed by atoms with E-state index in [1.807, 2.05) is 76.3 Å². The molecule has 0 atom stereocenters. The molecule has 0 spiro atoms. The number of hydrogen-bond donors (Lipinski definition) is 1. The molecule has 3 heterocycles. The van der Waals surface area contributed by atoms with E-state index in [1.54, 1.807) is 6.08 Å². The second-order valence-corrected chi connectivity index (χ2v) is 9.80. The lowest BCUT2D eigenvalue weighted by Gasteiger charge is -2.35. The second-order valence-electron chi connectivity index (χ2n) is 8.79. The molecule has 37 heavy (non-hydrogen) atoms. The van der Waals surface area contributed by atoms with Gasteiger partial charge in [-0.1, -0.05) is 48.5 Å². The predicted molar refractivity (Wildman–Crippen MR) is 144 cm³/mol. The SMILES string of the molecule is CN(Cc1ccccc1)c1cc(C=C2SC(=O)NC2=O)nc(N2CCN(C(=O)c3ccccc3)CC2)n1. The standard InChI is InChI=1S/C27H26N6O3S/c1-31(18-19-8-4-2-5-9-19)23-17-21(16-22-24(34)30-27(36)37-22)28-26(29-23)33-14-12-32(13-15-33)25(35)20-10-6-3-7-11-20/h2-11,16-17H,12-15,18H2,1H3,(H,30,34,36). The van der Waals surface area contributed by atoms with Gasteiger partial charge in [0, 0.05) is 51.4 Å². The van der Waals surface area contributed by atoms with Crippen molar-refractivity contribution in [1.29, 1.82) is 0 Å². The zero-order valence-electron chi connectivity index (χ0n) is 20.3. The molecule has 0 radical (unpaired) electrons. The summed E-state index contributed by atoms with van der Waals surface area (Å²) in [6, 6.07) is 21.1. The molecule has 2 fully saturated rings. The monoisotopic (exact) mass is 514 g/mol. The molecule has 5 rings (SSSR count). The van der Waals surface area contributed by atoms with Gasteiger partial charge in [-0.15, -0.1) is 0 Å². The lowest BCUT2D eigenvalue weighted by Crippen LogP contribution is -2.49. The molecular formula is C27H26N6O3S. The van der Waals surface area contributed by atoms with Crippen molar-refractivity contribution in [1.82, 2.24) is 20.2 Å². The lowest BCUT2D eigenvalue weighted by atomic mass is 10.2. The summed E-state index contributed by atoms with van der Waals surface area (Å²) in [6.45, 7) is 2.89. The van der Waals surface area contributed by atoms with E-state index < -0.39 is 11.1 Å². The van der Waals surface area contributed by atoms with Crippen LogP contribution in [0, 0.1) is 0 Å². The summed E-state index contributed by atoms with van der Waals surface area (Å²) in [5.74, 6) is 0.795. The molecular weight excluding hydrogens is 488 g/mol. The molecule has 1 aromatic heterocycles. The van der Waals surface area contributed by atoms with E-state index in [1.165, 1.54) is 0 Å². The van der Waals surface area contributed by atoms with Gasteiger partial charge < -0.3 is 14.7 Å². The number of imide groups is 1. The molecule has 2 saturated heterocycles. The largest absolute Gasteiger partial charge is 0.355 e. The molecule has 2 aromatic carbocycles. The molecule has 188 valence electrons. The number of amides is 3. The van der Waals surface area contributed by atoms with Gasteiger partial charge in [-0.25, -0.2) is 4.98 Å². The number of rotatable bonds is 6. The maximum Gasteiger partial charge on any atom is 0.290 e. The van der Waals surface area contributed by atoms with Gasteiger partial charge in [-0.2, -0.15) is 4.98 Å². The Morgan fingerprint density at radius 3 is 2.32 bits per heavy atom. The number of nitrogens with zero attached hydrogens (tertiary/aromatic N) is 5. The zero-order chi connectivity index (χ0) is 25.8. The Labute approximate surface area is 219 Å². The number of carbonyl (C=O) groups is 3. The number of thioether (sulfide) groups is 1. The summed E-state index contributed by atoms with van der Waals surface area (Å²) in [4.78, 5) is 52.4. The first-order valence-electron chi connectivity index (χ1n) is 11.9. The van der Waals surface area contributed by atoms with Crippen molar-refractivity contribution in [3.05, 3.63) is 88.5 Å². The molecule has 3 aromatic rings. The van der Waals surface area contributed by atoms with E-state index in [0.717, 1.165) is 17.3 Å². The third-order valence-corrected chi connectivity index (χ3v) is 6.98. The summed E-state index contributed by atoms with van der Waals surface area (Å²) in [7, 11) is 1.95. The van der Waals surface area contributed by atoms with Gasteiger partial charge in [0.2, 0.25) is 5.95 Å². The van der Waals surface area contributed by atoms with Crippen LogP contribution in [-0.2, 0) is 11.3 Å². The number of piperazine rings is 1. The van der Waals surface area contributed by atoms with Gasteiger partial charge in [0.25, 0.3) is 17.1 Å². The van der Waals surface area contributed by atoms with Crippen LogP contribution >= 0.6 is 11.8 Å². The van der Waals surface area contributed by atoms with Crippen molar-refractivity contribution in [3.63, 3.8) is 0 Å². The van der Waals surface area contributed by atoms with E-state index in [-0.39, 0.29) is 5.91 Å². The fraction of sp³-hybridized carbons (Fsp3) is 0.222. The Morgan fingerprint density at radius 2 is 1.68 bits per heavy atom. The van der Waals surface area contributed by atoms with Gasteiger partial charge >= 0.3 is 0 Å². The Bertz CT molecular complexity index is 1340. The number of hydrogen-bond acceptors (Lipinski definition) is 8. The summed E-state index contributed by atoms with van der Waals surface area (Å²) in [5.41, 5.74) is 2.34. The first-order valence-corrected chi connectivity index (χ1v) is 12.8. The Balaban J connectivity index is 1.38. The maximum atomic E-state index is 12.9. The molecule has 0 unspecified atom stereocenters. The number of nitrogens with one attached hydrogen (secondary N) is 1. The molecule has 0 aliphatic carbocycles. The third-order valence-electron chi connectivity index (χ3n) is 6.17. The number of aromatic nitrogens is 2. The van der Waals surface area contributed by atoms with Crippen LogP contribution in [0.4, 0.5) is 16.6 Å². The quantitative estimate of drug-likeness (QED) is 0.500. The zero-order valence-corrected chi connectivity index (χ0v) is 21.1. The van der Waals surface area contributed by atoms with Crippen molar-refractivity contribution in [2.75, 3.05) is 43.0 Å². The first-order chi connectivity index (χ1) is 18.0. The topological polar surface area (TPSA) is 98.7 Å². The van der Waals surface area contributed by atoms with Crippen LogP contribution in [0.3, 0.4) is 0 Å². The Hall–Kier alpha value is -4.18. The Kier molecular flexibility index (Phi) is 7.18. The van der Waals surface area contributed by atoms with Gasteiger partial charge in [0.05, 0.1) is 10.6 Å². The minimum atomic E-state index is -0.428. The van der Waals surface area contributed by atoms with Crippen molar-refractivity contribution >= 4 is 46.7 Å². The van der Waals surface area contributed by atoms with Crippen LogP contribution in [0.5, 0.6) is 0 Å². The highest BCUT2D eigenvalue weighted by molar-refractivity contribution is 8.18. The van der Waals surface area contributed by atoms with Crippen LogP contribution in [0.15, 0.2) is 71.6 Å². The molecule has 3 amide bonds. The smallest absolute Gasteiger partial charge is 0.290 e. The average molecular weight is 515 g/mol. The minimum absolute atomic E-state index is 0.0110. The second kappa shape index (κ2) is 10.8. The lowest BCUT2D eigenvalue weighted by molar-refractivity contribution is -0.115.